The highest BCUT2D eigenvalue weighted by Gasteiger charge is 2.24. The van der Waals surface area contributed by atoms with Gasteiger partial charge in [0.2, 0.25) is 0 Å². The van der Waals surface area contributed by atoms with Gasteiger partial charge >= 0.3 is 0 Å². The number of rotatable bonds is 8. The van der Waals surface area contributed by atoms with Crippen LogP contribution in [0.3, 0.4) is 0 Å². The summed E-state index contributed by atoms with van der Waals surface area (Å²) >= 11 is 1.49. The van der Waals surface area contributed by atoms with Crippen molar-refractivity contribution in [1.29, 1.82) is 0 Å². The second-order valence-electron chi connectivity index (χ2n) is 7.75. The third-order valence-electron chi connectivity index (χ3n) is 5.65. The second kappa shape index (κ2) is 10.7. The predicted octanol–water partition coefficient (Wildman–Crippen LogP) is 4.18. The van der Waals surface area contributed by atoms with E-state index in [9.17, 15) is 4.79 Å². The van der Waals surface area contributed by atoms with Gasteiger partial charge in [-0.25, -0.2) is 4.98 Å². The Labute approximate surface area is 198 Å². The Morgan fingerprint density at radius 3 is 2.39 bits per heavy atom. The van der Waals surface area contributed by atoms with Gasteiger partial charge in [0.15, 0.2) is 11.5 Å². The topological polar surface area (TPSA) is 64.1 Å². The molecular formula is C25H29N3O4S. The molecule has 0 atom stereocenters. The Morgan fingerprint density at radius 2 is 1.73 bits per heavy atom. The molecule has 1 aliphatic rings. The molecule has 7 nitrogen and oxygen atoms in total. The fraction of sp³-hybridized carbons (Fsp3) is 0.360. The van der Waals surface area contributed by atoms with E-state index >= 15 is 0 Å². The number of hydrogen-bond donors (Lipinski definition) is 0. The third-order valence-corrected chi connectivity index (χ3v) is 6.54. The molecule has 4 rings (SSSR count). The van der Waals surface area contributed by atoms with Gasteiger partial charge in [0.05, 0.1) is 20.8 Å². The maximum Gasteiger partial charge on any atom is 0.273 e. The van der Waals surface area contributed by atoms with Crippen LogP contribution in [0.15, 0.2) is 47.8 Å². The molecule has 0 N–H and O–H groups in total. The minimum atomic E-state index is -0.00537. The first-order valence-corrected chi connectivity index (χ1v) is 11.9. The molecule has 0 saturated carbocycles. The SMILES string of the molecule is CCOc1ccc(-c2nc(C(=O)N3CCN(Cc4ccc(OC)c(OC)c4)CC3)cs2)cc1. The number of hydrogen-bond acceptors (Lipinski definition) is 7. The van der Waals surface area contributed by atoms with Gasteiger partial charge in [-0.15, -0.1) is 11.3 Å². The number of nitrogens with zero attached hydrogens (tertiary/aromatic N) is 3. The lowest BCUT2D eigenvalue weighted by atomic mass is 10.1. The van der Waals surface area contributed by atoms with Crippen LogP contribution in [0.25, 0.3) is 10.6 Å². The number of carbonyl (C=O) groups excluding carboxylic acids is 1. The Hall–Kier alpha value is -3.10. The first-order valence-electron chi connectivity index (χ1n) is 11.0. The highest BCUT2D eigenvalue weighted by molar-refractivity contribution is 7.13. The summed E-state index contributed by atoms with van der Waals surface area (Å²) in [5.74, 6) is 2.29. The molecular weight excluding hydrogens is 438 g/mol. The van der Waals surface area contributed by atoms with Crippen molar-refractivity contribution in [2.45, 2.75) is 13.5 Å². The predicted molar refractivity (Wildman–Crippen MR) is 129 cm³/mol. The number of piperazine rings is 1. The van der Waals surface area contributed by atoms with E-state index in [-0.39, 0.29) is 5.91 Å². The van der Waals surface area contributed by atoms with Crippen LogP contribution >= 0.6 is 11.3 Å². The lowest BCUT2D eigenvalue weighted by molar-refractivity contribution is 0.0623. The first kappa shape index (κ1) is 23.1. The van der Waals surface area contributed by atoms with Crippen LogP contribution in [0.1, 0.15) is 23.0 Å². The number of benzene rings is 2. The van der Waals surface area contributed by atoms with Crippen molar-refractivity contribution in [1.82, 2.24) is 14.8 Å². The van der Waals surface area contributed by atoms with Crippen molar-refractivity contribution in [3.63, 3.8) is 0 Å². The number of ether oxygens (including phenoxy) is 3. The highest BCUT2D eigenvalue weighted by Crippen LogP contribution is 2.29. The largest absolute Gasteiger partial charge is 0.494 e. The van der Waals surface area contributed by atoms with Gasteiger partial charge in [-0.05, 0) is 48.9 Å². The Bertz CT molecular complexity index is 1080. The zero-order valence-corrected chi connectivity index (χ0v) is 20.1. The fourth-order valence-electron chi connectivity index (χ4n) is 3.87. The van der Waals surface area contributed by atoms with Gasteiger partial charge in [0.25, 0.3) is 5.91 Å². The van der Waals surface area contributed by atoms with E-state index in [0.717, 1.165) is 53.0 Å². The standard InChI is InChI=1S/C25H29N3O4S/c1-4-32-20-8-6-19(7-9-20)24-26-21(17-33-24)25(29)28-13-11-27(12-14-28)16-18-5-10-22(30-2)23(15-18)31-3/h5-10,15,17H,4,11-14,16H2,1-3H3. The molecule has 1 aromatic heterocycles. The van der Waals surface area contributed by atoms with E-state index < -0.39 is 0 Å². The lowest BCUT2D eigenvalue weighted by Gasteiger charge is -2.34. The van der Waals surface area contributed by atoms with Crippen LogP contribution < -0.4 is 14.2 Å². The quantitative estimate of drug-likeness (QED) is 0.495. The maximum absolute atomic E-state index is 13.0. The van der Waals surface area contributed by atoms with Gasteiger partial charge in [-0.2, -0.15) is 0 Å². The smallest absolute Gasteiger partial charge is 0.273 e. The summed E-state index contributed by atoms with van der Waals surface area (Å²) in [6.45, 7) is 6.40. The molecule has 0 radical (unpaired) electrons. The van der Waals surface area contributed by atoms with Gasteiger partial charge < -0.3 is 19.1 Å². The first-order chi connectivity index (χ1) is 16.1. The van der Waals surface area contributed by atoms with Crippen molar-refractivity contribution >= 4 is 17.2 Å². The maximum atomic E-state index is 13.0. The van der Waals surface area contributed by atoms with E-state index in [2.05, 4.69) is 16.0 Å². The van der Waals surface area contributed by atoms with E-state index in [1.165, 1.54) is 11.3 Å². The molecule has 2 heterocycles. The van der Waals surface area contributed by atoms with Gasteiger partial charge in [0, 0.05) is 43.7 Å². The molecule has 1 fully saturated rings. The van der Waals surface area contributed by atoms with E-state index in [1.54, 1.807) is 14.2 Å². The minimum Gasteiger partial charge on any atom is -0.494 e. The molecule has 3 aromatic rings. The molecule has 0 unspecified atom stereocenters. The highest BCUT2D eigenvalue weighted by atomic mass is 32.1. The summed E-state index contributed by atoms with van der Waals surface area (Å²) in [5, 5.41) is 2.69. The number of aromatic nitrogens is 1. The van der Waals surface area contributed by atoms with Crippen LogP contribution in [0.4, 0.5) is 0 Å². The molecule has 1 saturated heterocycles. The van der Waals surface area contributed by atoms with Crippen LogP contribution in [0.5, 0.6) is 17.2 Å². The third kappa shape index (κ3) is 5.46. The van der Waals surface area contributed by atoms with Crippen LogP contribution in [0, 0.1) is 0 Å². The number of methoxy groups -OCH3 is 2. The van der Waals surface area contributed by atoms with Gasteiger partial charge in [-0.3, -0.25) is 9.69 Å². The number of carbonyl (C=O) groups is 1. The summed E-state index contributed by atoms with van der Waals surface area (Å²) in [6.07, 6.45) is 0. The van der Waals surface area contributed by atoms with Crippen molar-refractivity contribution in [3.8, 4) is 27.8 Å². The van der Waals surface area contributed by atoms with E-state index in [0.29, 0.717) is 25.4 Å². The summed E-state index contributed by atoms with van der Waals surface area (Å²) in [7, 11) is 3.28. The fourth-order valence-corrected chi connectivity index (χ4v) is 4.67. The van der Waals surface area contributed by atoms with Crippen molar-refractivity contribution in [3.05, 3.63) is 59.1 Å². The monoisotopic (exact) mass is 467 g/mol. The van der Waals surface area contributed by atoms with Crippen LogP contribution in [-0.2, 0) is 6.54 Å². The summed E-state index contributed by atoms with van der Waals surface area (Å²) in [4.78, 5) is 21.8. The van der Waals surface area contributed by atoms with Crippen molar-refractivity contribution in [2.75, 3.05) is 47.0 Å². The Balaban J connectivity index is 1.33. The van der Waals surface area contributed by atoms with E-state index in [4.69, 9.17) is 14.2 Å². The zero-order chi connectivity index (χ0) is 23.2. The van der Waals surface area contributed by atoms with Crippen LogP contribution in [-0.4, -0.2) is 67.7 Å². The summed E-state index contributed by atoms with van der Waals surface area (Å²) in [6, 6.07) is 13.8. The summed E-state index contributed by atoms with van der Waals surface area (Å²) < 4.78 is 16.2. The molecule has 1 aliphatic heterocycles. The average molecular weight is 468 g/mol. The number of amides is 1. The molecule has 174 valence electrons. The molecule has 2 aromatic carbocycles. The Kier molecular flexibility index (Phi) is 7.47. The second-order valence-corrected chi connectivity index (χ2v) is 8.61. The molecule has 8 heteroatoms. The molecule has 33 heavy (non-hydrogen) atoms. The normalized spacial score (nSPS) is 14.2. The lowest BCUT2D eigenvalue weighted by Crippen LogP contribution is -2.48. The molecule has 0 bridgehead atoms. The number of thiazole rings is 1. The van der Waals surface area contributed by atoms with Gasteiger partial charge in [0.1, 0.15) is 16.5 Å². The average Bonchev–Trinajstić information content (AvgIpc) is 3.35. The van der Waals surface area contributed by atoms with Gasteiger partial charge in [-0.1, -0.05) is 6.07 Å². The Morgan fingerprint density at radius 1 is 1.00 bits per heavy atom. The van der Waals surface area contributed by atoms with Crippen LogP contribution in [0.2, 0.25) is 0 Å². The zero-order valence-electron chi connectivity index (χ0n) is 19.2. The summed E-state index contributed by atoms with van der Waals surface area (Å²) in [5.41, 5.74) is 2.66. The minimum absolute atomic E-state index is 0.00537. The molecule has 1 amide bonds. The van der Waals surface area contributed by atoms with Crippen molar-refractivity contribution < 1.29 is 19.0 Å². The van der Waals surface area contributed by atoms with E-state index in [1.807, 2.05) is 53.6 Å². The molecule has 0 spiro atoms. The molecule has 0 aliphatic carbocycles. The van der Waals surface area contributed by atoms with Crippen molar-refractivity contribution in [2.24, 2.45) is 0 Å².